The molecule has 0 spiro atoms. The van der Waals surface area contributed by atoms with Gasteiger partial charge in [0.2, 0.25) is 5.88 Å². The van der Waals surface area contributed by atoms with Crippen LogP contribution < -0.4 is 4.74 Å². The Labute approximate surface area is 199 Å². The van der Waals surface area contributed by atoms with E-state index in [0.717, 1.165) is 6.42 Å². The number of aryl methyl sites for hydroxylation is 1. The van der Waals surface area contributed by atoms with Gasteiger partial charge in [-0.15, -0.1) is 0 Å². The van der Waals surface area contributed by atoms with E-state index >= 15 is 0 Å². The van der Waals surface area contributed by atoms with Crippen molar-refractivity contribution in [2.24, 2.45) is 5.92 Å². The van der Waals surface area contributed by atoms with Crippen molar-refractivity contribution in [2.75, 3.05) is 13.2 Å². The smallest absolute Gasteiger partial charge is 0.417 e. The average molecular weight is 489 g/mol. The number of hydrogen-bond acceptors (Lipinski definition) is 6. The number of aromatic nitrogens is 4. The van der Waals surface area contributed by atoms with Crippen LogP contribution in [0.15, 0.2) is 42.9 Å². The quantitative estimate of drug-likeness (QED) is 0.483. The van der Waals surface area contributed by atoms with Crippen LogP contribution in [0.3, 0.4) is 0 Å². The minimum Gasteiger partial charge on any atom is -0.473 e. The van der Waals surface area contributed by atoms with Crippen LogP contribution in [0.25, 0.3) is 11.4 Å². The Hall–Kier alpha value is -3.63. The molecule has 35 heavy (non-hydrogen) atoms. The highest BCUT2D eigenvalue weighted by Gasteiger charge is 2.35. The zero-order valence-corrected chi connectivity index (χ0v) is 19.1. The van der Waals surface area contributed by atoms with Gasteiger partial charge in [0.15, 0.2) is 11.6 Å². The minimum absolute atomic E-state index is 0.128. The summed E-state index contributed by atoms with van der Waals surface area (Å²) in [6, 6.07) is 5.07. The summed E-state index contributed by atoms with van der Waals surface area (Å²) in [6.45, 7) is 4.07. The number of halogens is 4. The molecule has 0 aliphatic carbocycles. The first-order valence-electron chi connectivity index (χ1n) is 11.0. The first kappa shape index (κ1) is 24.5. The number of ether oxygens (including phenoxy) is 1. The van der Waals surface area contributed by atoms with Gasteiger partial charge in [-0.1, -0.05) is 6.92 Å². The molecule has 1 aliphatic rings. The van der Waals surface area contributed by atoms with E-state index in [2.05, 4.69) is 19.9 Å². The molecule has 11 heteroatoms. The molecule has 184 valence electrons. The van der Waals surface area contributed by atoms with Crippen LogP contribution in [-0.4, -0.2) is 49.9 Å². The summed E-state index contributed by atoms with van der Waals surface area (Å²) in [7, 11) is 0. The maximum atomic E-state index is 14.2. The molecule has 0 saturated carbocycles. The van der Waals surface area contributed by atoms with E-state index in [1.54, 1.807) is 42.4 Å². The van der Waals surface area contributed by atoms with Crippen molar-refractivity contribution in [3.8, 4) is 17.3 Å². The van der Waals surface area contributed by atoms with Gasteiger partial charge in [0.05, 0.1) is 17.2 Å². The predicted molar refractivity (Wildman–Crippen MR) is 118 cm³/mol. The molecule has 7 nitrogen and oxygen atoms in total. The van der Waals surface area contributed by atoms with Crippen molar-refractivity contribution in [1.82, 2.24) is 24.8 Å². The third kappa shape index (κ3) is 5.55. The molecule has 0 bridgehead atoms. The van der Waals surface area contributed by atoms with E-state index in [9.17, 15) is 22.4 Å². The van der Waals surface area contributed by atoms with Gasteiger partial charge in [-0.05, 0) is 49.9 Å². The van der Waals surface area contributed by atoms with Crippen LogP contribution in [0.4, 0.5) is 17.6 Å². The molecule has 3 aromatic rings. The summed E-state index contributed by atoms with van der Waals surface area (Å²) in [5.74, 6) is -1.55. The molecule has 4 rings (SSSR count). The molecule has 0 N–H and O–H groups in total. The molecule has 0 radical (unpaired) electrons. The van der Waals surface area contributed by atoms with Crippen LogP contribution >= 0.6 is 0 Å². The molecule has 1 fully saturated rings. The Bertz CT molecular complexity index is 1210. The minimum atomic E-state index is -4.71. The maximum Gasteiger partial charge on any atom is 0.417 e. The number of nitrogens with zero attached hydrogens (tertiary/aromatic N) is 5. The maximum absolute atomic E-state index is 14.2. The van der Waals surface area contributed by atoms with Crippen LogP contribution in [0.1, 0.15) is 41.5 Å². The zero-order chi connectivity index (χ0) is 25.2. The molecule has 1 aliphatic heterocycles. The van der Waals surface area contributed by atoms with Gasteiger partial charge in [0.1, 0.15) is 12.3 Å². The second-order valence-corrected chi connectivity index (χ2v) is 8.53. The highest BCUT2D eigenvalue weighted by atomic mass is 19.4. The van der Waals surface area contributed by atoms with Gasteiger partial charge in [-0.3, -0.25) is 4.79 Å². The van der Waals surface area contributed by atoms with Crippen molar-refractivity contribution in [3.05, 3.63) is 65.6 Å². The Morgan fingerprint density at radius 3 is 2.60 bits per heavy atom. The number of pyridine rings is 2. The summed E-state index contributed by atoms with van der Waals surface area (Å²) in [6.07, 6.45) is 0.321. The number of alkyl halides is 3. The number of carbonyl (C=O) groups is 1. The standard InChI is InChI=1S/C24H23F4N5O2/c1-14-4-6-17(13-35-22-19(25)10-16(11-31-22)24(26,27)28)33(12-14)23(34)20-18(7-5-15(2)32-20)21-29-8-3-9-30-21/h3,5,7-11,14,17H,4,6,12-13H2,1-2H3/t14-,17?/m0/s1. The largest absolute Gasteiger partial charge is 0.473 e. The zero-order valence-electron chi connectivity index (χ0n) is 19.1. The lowest BCUT2D eigenvalue weighted by atomic mass is 9.93. The highest BCUT2D eigenvalue weighted by molar-refractivity contribution is 5.98. The SMILES string of the molecule is Cc1ccc(-c2ncccn2)c(C(=O)N2C[C@@H](C)CCC2COc2ncc(C(F)(F)F)cc2F)n1. The number of likely N-dealkylation sites (tertiary alicyclic amines) is 1. The molecule has 3 aromatic heterocycles. The molecule has 4 heterocycles. The van der Waals surface area contributed by atoms with Crippen molar-refractivity contribution in [3.63, 3.8) is 0 Å². The Morgan fingerprint density at radius 2 is 1.91 bits per heavy atom. The summed E-state index contributed by atoms with van der Waals surface area (Å²) < 4.78 is 58.0. The van der Waals surface area contributed by atoms with E-state index in [1.807, 2.05) is 6.92 Å². The predicted octanol–water partition coefficient (Wildman–Crippen LogP) is 4.72. The van der Waals surface area contributed by atoms with E-state index in [0.29, 0.717) is 42.3 Å². The van der Waals surface area contributed by atoms with Gasteiger partial charge in [-0.25, -0.2) is 24.3 Å². The van der Waals surface area contributed by atoms with Crippen molar-refractivity contribution < 1.29 is 27.1 Å². The van der Waals surface area contributed by atoms with Gasteiger partial charge in [-0.2, -0.15) is 13.2 Å². The van der Waals surface area contributed by atoms with Gasteiger partial charge in [0.25, 0.3) is 5.91 Å². The van der Waals surface area contributed by atoms with Gasteiger partial charge < -0.3 is 9.64 Å². The number of amides is 1. The first-order valence-corrected chi connectivity index (χ1v) is 11.0. The van der Waals surface area contributed by atoms with Gasteiger partial charge in [0, 0.05) is 30.8 Å². The number of piperidine rings is 1. The summed E-state index contributed by atoms with van der Waals surface area (Å²) in [5.41, 5.74) is 0.109. The fourth-order valence-corrected chi connectivity index (χ4v) is 3.97. The third-order valence-corrected chi connectivity index (χ3v) is 5.79. The lowest BCUT2D eigenvalue weighted by Gasteiger charge is -2.38. The molecular formula is C24H23F4N5O2. The monoisotopic (exact) mass is 489 g/mol. The van der Waals surface area contributed by atoms with Crippen LogP contribution in [0.5, 0.6) is 5.88 Å². The molecule has 2 atom stereocenters. The van der Waals surface area contributed by atoms with Crippen molar-refractivity contribution >= 4 is 5.91 Å². The first-order chi connectivity index (χ1) is 16.6. The molecular weight excluding hydrogens is 466 g/mol. The normalized spacial score (nSPS) is 18.4. The lowest BCUT2D eigenvalue weighted by molar-refractivity contribution is -0.138. The third-order valence-electron chi connectivity index (χ3n) is 5.79. The number of rotatable bonds is 5. The van der Waals surface area contributed by atoms with E-state index in [-0.39, 0.29) is 24.1 Å². The topological polar surface area (TPSA) is 81.1 Å². The van der Waals surface area contributed by atoms with Crippen molar-refractivity contribution in [1.29, 1.82) is 0 Å². The summed E-state index contributed by atoms with van der Waals surface area (Å²) >= 11 is 0. The lowest BCUT2D eigenvalue weighted by Crippen LogP contribution is -2.49. The number of carbonyl (C=O) groups excluding carboxylic acids is 1. The molecule has 0 aromatic carbocycles. The van der Waals surface area contributed by atoms with Crippen LogP contribution in [0.2, 0.25) is 0 Å². The Morgan fingerprint density at radius 1 is 1.17 bits per heavy atom. The average Bonchev–Trinajstić information content (AvgIpc) is 2.83. The fraction of sp³-hybridized carbons (Fsp3) is 0.375. The Balaban J connectivity index is 1.58. The molecule has 1 amide bonds. The van der Waals surface area contributed by atoms with E-state index < -0.39 is 29.5 Å². The fourth-order valence-electron chi connectivity index (χ4n) is 3.97. The number of hydrogen-bond donors (Lipinski definition) is 0. The van der Waals surface area contributed by atoms with Crippen molar-refractivity contribution in [2.45, 2.75) is 38.9 Å². The molecule has 1 unspecified atom stereocenters. The molecule has 1 saturated heterocycles. The van der Waals surface area contributed by atoms with Crippen LogP contribution in [0, 0.1) is 18.7 Å². The highest BCUT2D eigenvalue weighted by Crippen LogP contribution is 2.31. The van der Waals surface area contributed by atoms with E-state index in [4.69, 9.17) is 4.74 Å². The van der Waals surface area contributed by atoms with E-state index in [1.165, 1.54) is 0 Å². The Kier molecular flexibility index (Phi) is 6.95. The second kappa shape index (κ2) is 9.93. The summed E-state index contributed by atoms with van der Waals surface area (Å²) in [4.78, 5) is 31.7. The van der Waals surface area contributed by atoms with Gasteiger partial charge >= 0.3 is 6.18 Å². The second-order valence-electron chi connectivity index (χ2n) is 8.53. The van der Waals surface area contributed by atoms with Crippen LogP contribution in [-0.2, 0) is 6.18 Å². The summed E-state index contributed by atoms with van der Waals surface area (Å²) in [5, 5.41) is 0.